The molecule has 0 bridgehead atoms. The number of hydrogen-bond acceptors (Lipinski definition) is 4. The van der Waals surface area contributed by atoms with E-state index in [0.29, 0.717) is 5.56 Å². The van der Waals surface area contributed by atoms with E-state index in [1.807, 2.05) is 6.07 Å². The van der Waals surface area contributed by atoms with Crippen molar-refractivity contribution in [3.05, 3.63) is 35.9 Å². The molecule has 1 aliphatic rings. The molecule has 1 aromatic rings. The number of aliphatic hydroxyl groups is 1. The van der Waals surface area contributed by atoms with Crippen LogP contribution in [0.3, 0.4) is 0 Å². The highest BCUT2D eigenvalue weighted by Gasteiger charge is 2.53. The van der Waals surface area contributed by atoms with Crippen molar-refractivity contribution in [2.45, 2.75) is 32.2 Å². The number of ketones is 1. The van der Waals surface area contributed by atoms with E-state index in [9.17, 15) is 9.90 Å². The lowest BCUT2D eigenvalue weighted by Crippen LogP contribution is -2.55. The fraction of sp³-hybridized carbons (Fsp3) is 0.462. The normalized spacial score (nSPS) is 32.5. The van der Waals surface area contributed by atoms with Gasteiger partial charge in [0.1, 0.15) is 0 Å². The topological polar surface area (TPSA) is 55.8 Å². The van der Waals surface area contributed by atoms with E-state index in [2.05, 4.69) is 0 Å². The molecule has 4 nitrogen and oxygen atoms in total. The Kier molecular flexibility index (Phi) is 2.81. The second-order valence-corrected chi connectivity index (χ2v) is 4.83. The summed E-state index contributed by atoms with van der Waals surface area (Å²) in [6.45, 7) is 4.88. The number of hydrogen-bond donors (Lipinski definition) is 1. The Morgan fingerprint density at radius 2 is 1.76 bits per heavy atom. The van der Waals surface area contributed by atoms with Gasteiger partial charge in [-0.2, -0.15) is 4.89 Å². The zero-order valence-corrected chi connectivity index (χ0v) is 10.1. The minimum absolute atomic E-state index is 0.185. The van der Waals surface area contributed by atoms with Crippen molar-refractivity contribution in [2.24, 2.45) is 5.92 Å². The summed E-state index contributed by atoms with van der Waals surface area (Å²) < 4.78 is 0. The molecule has 0 spiro atoms. The summed E-state index contributed by atoms with van der Waals surface area (Å²) in [6.07, 6.45) is 0. The van der Waals surface area contributed by atoms with Crippen molar-refractivity contribution < 1.29 is 19.7 Å². The van der Waals surface area contributed by atoms with Gasteiger partial charge in [0.15, 0.2) is 11.4 Å². The van der Waals surface area contributed by atoms with Gasteiger partial charge in [-0.1, -0.05) is 30.3 Å². The third kappa shape index (κ3) is 1.88. The summed E-state index contributed by atoms with van der Waals surface area (Å²) >= 11 is 0. The fourth-order valence-corrected chi connectivity index (χ4v) is 1.96. The molecule has 17 heavy (non-hydrogen) atoms. The van der Waals surface area contributed by atoms with Crippen LogP contribution in [0.1, 0.15) is 26.3 Å². The Labute approximate surface area is 100 Å². The molecule has 4 heteroatoms. The maximum atomic E-state index is 12.1. The zero-order chi connectivity index (χ0) is 12.7. The highest BCUT2D eigenvalue weighted by Crippen LogP contribution is 2.39. The lowest BCUT2D eigenvalue weighted by Gasteiger charge is -2.41. The minimum Gasteiger partial charge on any atom is -0.359 e. The molecule has 1 fully saturated rings. The van der Waals surface area contributed by atoms with Gasteiger partial charge < -0.3 is 5.11 Å². The standard InChI is InChI=1S/C13H16O4/c1-9-11(14)12(2,3)16-17-13(9,15)10-7-5-4-6-8-10/h4-9,15H,1-3H3. The summed E-state index contributed by atoms with van der Waals surface area (Å²) in [5.41, 5.74) is -0.517. The summed E-state index contributed by atoms with van der Waals surface area (Å²) in [7, 11) is 0. The van der Waals surface area contributed by atoms with Gasteiger partial charge in [0.25, 0.3) is 0 Å². The Morgan fingerprint density at radius 3 is 2.35 bits per heavy atom. The minimum atomic E-state index is -1.71. The second kappa shape index (κ2) is 3.91. The summed E-state index contributed by atoms with van der Waals surface area (Å²) in [5.74, 6) is -2.59. The van der Waals surface area contributed by atoms with E-state index in [0.717, 1.165) is 0 Å². The van der Waals surface area contributed by atoms with Gasteiger partial charge >= 0.3 is 0 Å². The molecule has 1 heterocycles. The molecule has 2 atom stereocenters. The largest absolute Gasteiger partial charge is 0.359 e. The quantitative estimate of drug-likeness (QED) is 0.755. The molecule has 92 valence electrons. The first kappa shape index (κ1) is 12.2. The second-order valence-electron chi connectivity index (χ2n) is 4.83. The molecule has 0 radical (unpaired) electrons. The van der Waals surface area contributed by atoms with E-state index in [-0.39, 0.29) is 5.78 Å². The first-order chi connectivity index (χ1) is 7.88. The van der Waals surface area contributed by atoms with E-state index in [1.165, 1.54) is 0 Å². The predicted octanol–water partition coefficient (Wildman–Crippen LogP) is 1.78. The number of rotatable bonds is 1. The highest BCUT2D eigenvalue weighted by atomic mass is 17.2. The SMILES string of the molecule is CC1C(=O)C(C)(C)OOC1(O)c1ccccc1. The molecular formula is C13H16O4. The third-order valence-electron chi connectivity index (χ3n) is 3.14. The molecule has 2 unspecified atom stereocenters. The zero-order valence-electron chi connectivity index (χ0n) is 10.1. The van der Waals surface area contributed by atoms with Gasteiger partial charge in [-0.05, 0) is 20.8 Å². The van der Waals surface area contributed by atoms with Gasteiger partial charge in [0.2, 0.25) is 5.79 Å². The van der Waals surface area contributed by atoms with E-state index in [4.69, 9.17) is 9.78 Å². The summed E-state index contributed by atoms with van der Waals surface area (Å²) in [6, 6.07) is 8.77. The van der Waals surface area contributed by atoms with Gasteiger partial charge in [-0.15, -0.1) is 0 Å². The van der Waals surface area contributed by atoms with Crippen LogP contribution in [0.2, 0.25) is 0 Å². The van der Waals surface area contributed by atoms with Gasteiger partial charge in [-0.25, -0.2) is 4.89 Å². The van der Waals surface area contributed by atoms with E-state index >= 15 is 0 Å². The molecule has 0 aromatic heterocycles. The lowest BCUT2D eigenvalue weighted by molar-refractivity contribution is -0.479. The van der Waals surface area contributed by atoms with Crippen molar-refractivity contribution in [2.75, 3.05) is 0 Å². The van der Waals surface area contributed by atoms with Crippen molar-refractivity contribution >= 4 is 5.78 Å². The predicted molar refractivity (Wildman–Crippen MR) is 60.8 cm³/mol. The maximum absolute atomic E-state index is 12.1. The van der Waals surface area contributed by atoms with E-state index < -0.39 is 17.3 Å². The van der Waals surface area contributed by atoms with Crippen LogP contribution in [0.25, 0.3) is 0 Å². The van der Waals surface area contributed by atoms with Crippen LogP contribution in [0.5, 0.6) is 0 Å². The molecular weight excluding hydrogens is 220 g/mol. The van der Waals surface area contributed by atoms with Crippen LogP contribution >= 0.6 is 0 Å². The molecule has 1 saturated heterocycles. The van der Waals surface area contributed by atoms with Crippen molar-refractivity contribution in [1.82, 2.24) is 0 Å². The first-order valence-corrected chi connectivity index (χ1v) is 5.57. The van der Waals surface area contributed by atoms with Crippen LogP contribution in [-0.4, -0.2) is 16.5 Å². The number of carbonyl (C=O) groups is 1. The Balaban J connectivity index is 2.38. The smallest absolute Gasteiger partial charge is 0.235 e. The third-order valence-corrected chi connectivity index (χ3v) is 3.14. The lowest BCUT2D eigenvalue weighted by atomic mass is 9.83. The number of carbonyl (C=O) groups excluding carboxylic acids is 1. The summed E-state index contributed by atoms with van der Waals surface area (Å²) in [5, 5.41) is 10.4. The molecule has 1 aromatic carbocycles. The Hall–Kier alpha value is -1.23. The van der Waals surface area contributed by atoms with Crippen molar-refractivity contribution in [3.63, 3.8) is 0 Å². The van der Waals surface area contributed by atoms with E-state index in [1.54, 1.807) is 45.0 Å². The van der Waals surface area contributed by atoms with Crippen LogP contribution in [0, 0.1) is 5.92 Å². The Morgan fingerprint density at radius 1 is 1.18 bits per heavy atom. The van der Waals surface area contributed by atoms with Crippen LogP contribution in [0.15, 0.2) is 30.3 Å². The molecule has 1 aliphatic heterocycles. The van der Waals surface area contributed by atoms with Crippen molar-refractivity contribution in [3.8, 4) is 0 Å². The summed E-state index contributed by atoms with van der Waals surface area (Å²) in [4.78, 5) is 22.2. The van der Waals surface area contributed by atoms with Gasteiger partial charge in [0, 0.05) is 5.56 Å². The first-order valence-electron chi connectivity index (χ1n) is 5.57. The molecule has 0 saturated carbocycles. The van der Waals surface area contributed by atoms with Crippen LogP contribution in [-0.2, 0) is 20.4 Å². The maximum Gasteiger partial charge on any atom is 0.235 e. The highest BCUT2D eigenvalue weighted by molar-refractivity contribution is 5.89. The number of benzene rings is 1. The Bertz CT molecular complexity index is 426. The van der Waals surface area contributed by atoms with Crippen molar-refractivity contribution in [1.29, 1.82) is 0 Å². The monoisotopic (exact) mass is 236 g/mol. The molecule has 0 aliphatic carbocycles. The molecule has 1 N–H and O–H groups in total. The average molecular weight is 236 g/mol. The number of Topliss-reactive ketones (excluding diaryl/α,β-unsaturated/α-hetero) is 1. The molecule has 2 rings (SSSR count). The van der Waals surface area contributed by atoms with Crippen LogP contribution in [0.4, 0.5) is 0 Å². The molecule has 0 amide bonds. The van der Waals surface area contributed by atoms with Gasteiger partial charge in [-0.3, -0.25) is 4.79 Å². The van der Waals surface area contributed by atoms with Crippen LogP contribution < -0.4 is 0 Å². The van der Waals surface area contributed by atoms with Gasteiger partial charge in [0.05, 0.1) is 5.92 Å². The average Bonchev–Trinajstić information content (AvgIpc) is 2.34. The fourth-order valence-electron chi connectivity index (χ4n) is 1.96.